The first-order chi connectivity index (χ1) is 8.90. The van der Waals surface area contributed by atoms with Gasteiger partial charge in [-0.25, -0.2) is 4.98 Å². The molecule has 0 bridgehead atoms. The monoisotopic (exact) mass is 293 g/mol. The summed E-state index contributed by atoms with van der Waals surface area (Å²) in [7, 11) is 0. The molecule has 0 N–H and O–H groups in total. The lowest BCUT2D eigenvalue weighted by Crippen LogP contribution is -2.11. The molecule has 2 nitrogen and oxygen atoms in total. The topological polar surface area (TPSA) is 30.0 Å². The normalized spacial score (nSPS) is 11.6. The van der Waals surface area contributed by atoms with Crippen molar-refractivity contribution in [3.63, 3.8) is 0 Å². The zero-order valence-electron chi connectivity index (χ0n) is 11.2. The van der Waals surface area contributed by atoms with Gasteiger partial charge in [-0.2, -0.15) is 0 Å². The van der Waals surface area contributed by atoms with Crippen LogP contribution in [-0.2, 0) is 11.8 Å². The third-order valence-electron chi connectivity index (χ3n) is 2.87. The summed E-state index contributed by atoms with van der Waals surface area (Å²) in [6.07, 6.45) is 1.52. The van der Waals surface area contributed by atoms with Gasteiger partial charge < -0.3 is 0 Å². The van der Waals surface area contributed by atoms with Gasteiger partial charge in [-0.1, -0.05) is 38.4 Å². The minimum absolute atomic E-state index is 0.0772. The summed E-state index contributed by atoms with van der Waals surface area (Å²) in [5.41, 5.74) is 2.79. The van der Waals surface area contributed by atoms with Gasteiger partial charge in [0.25, 0.3) is 0 Å². The molecule has 0 saturated heterocycles. The number of hydrogen-bond donors (Lipinski definition) is 0. The fourth-order valence-corrected chi connectivity index (χ4v) is 2.99. The van der Waals surface area contributed by atoms with Gasteiger partial charge in [0.2, 0.25) is 0 Å². The zero-order valence-corrected chi connectivity index (χ0v) is 12.8. The van der Waals surface area contributed by atoms with E-state index in [1.54, 1.807) is 17.4 Å². The van der Waals surface area contributed by atoms with E-state index < -0.39 is 0 Å². The molecular formula is C15H16ClNOS. The lowest BCUT2D eigenvalue weighted by molar-refractivity contribution is 0.112. The van der Waals surface area contributed by atoms with Gasteiger partial charge in [0, 0.05) is 22.8 Å². The van der Waals surface area contributed by atoms with Gasteiger partial charge >= 0.3 is 0 Å². The first-order valence-corrected chi connectivity index (χ1v) is 7.34. The van der Waals surface area contributed by atoms with Crippen LogP contribution in [0.3, 0.4) is 0 Å². The van der Waals surface area contributed by atoms with E-state index in [1.807, 2.05) is 12.1 Å². The van der Waals surface area contributed by atoms with Crippen molar-refractivity contribution in [2.75, 3.05) is 0 Å². The molecule has 0 saturated carbocycles. The molecule has 0 unspecified atom stereocenters. The number of aromatic nitrogens is 1. The molecule has 0 aliphatic rings. The summed E-state index contributed by atoms with van der Waals surface area (Å²) in [4.78, 5) is 15.4. The maximum absolute atomic E-state index is 10.7. The van der Waals surface area contributed by atoms with E-state index in [2.05, 4.69) is 31.1 Å². The standard InChI is InChI=1S/C15H16ClNOS/c1-15(2,3)13-9-19-14(17-13)7-10-4-5-11(8-18)12(16)6-10/h4-6,8-9H,7H2,1-3H3. The fourth-order valence-electron chi connectivity index (χ4n) is 1.69. The van der Waals surface area contributed by atoms with Crippen molar-refractivity contribution < 1.29 is 4.79 Å². The van der Waals surface area contributed by atoms with Crippen molar-refractivity contribution in [3.05, 3.63) is 50.4 Å². The lowest BCUT2D eigenvalue weighted by atomic mass is 9.93. The third kappa shape index (κ3) is 3.43. The zero-order chi connectivity index (χ0) is 14.0. The van der Waals surface area contributed by atoms with E-state index in [-0.39, 0.29) is 5.41 Å². The summed E-state index contributed by atoms with van der Waals surface area (Å²) in [6.45, 7) is 6.46. The smallest absolute Gasteiger partial charge is 0.151 e. The number of benzene rings is 1. The second-order valence-electron chi connectivity index (χ2n) is 5.53. The number of carbonyl (C=O) groups is 1. The van der Waals surface area contributed by atoms with Crippen LogP contribution in [0, 0.1) is 0 Å². The first-order valence-electron chi connectivity index (χ1n) is 6.08. The summed E-state index contributed by atoms with van der Waals surface area (Å²) >= 11 is 7.69. The largest absolute Gasteiger partial charge is 0.298 e. The Hall–Kier alpha value is -1.19. The van der Waals surface area contributed by atoms with Crippen molar-refractivity contribution >= 4 is 29.2 Å². The van der Waals surface area contributed by atoms with Crippen LogP contribution in [0.25, 0.3) is 0 Å². The number of nitrogens with zero attached hydrogens (tertiary/aromatic N) is 1. The summed E-state index contributed by atoms with van der Waals surface area (Å²) < 4.78 is 0. The Morgan fingerprint density at radius 1 is 1.37 bits per heavy atom. The molecule has 100 valence electrons. The Morgan fingerprint density at radius 3 is 2.63 bits per heavy atom. The van der Waals surface area contributed by atoms with Crippen LogP contribution in [-0.4, -0.2) is 11.3 Å². The Morgan fingerprint density at radius 2 is 2.11 bits per heavy atom. The van der Waals surface area contributed by atoms with Crippen molar-refractivity contribution in [1.29, 1.82) is 0 Å². The molecule has 0 aliphatic heterocycles. The van der Waals surface area contributed by atoms with Gasteiger partial charge in [0.1, 0.15) is 0 Å². The molecule has 0 atom stereocenters. The Labute approximate surface area is 122 Å². The van der Waals surface area contributed by atoms with Gasteiger partial charge in [-0.3, -0.25) is 4.79 Å². The van der Waals surface area contributed by atoms with Gasteiger partial charge in [-0.05, 0) is 17.7 Å². The van der Waals surface area contributed by atoms with E-state index in [0.717, 1.165) is 29.0 Å². The fraction of sp³-hybridized carbons (Fsp3) is 0.333. The van der Waals surface area contributed by atoms with Crippen LogP contribution in [0.1, 0.15) is 47.4 Å². The van der Waals surface area contributed by atoms with E-state index in [9.17, 15) is 4.79 Å². The van der Waals surface area contributed by atoms with Crippen LogP contribution in [0.15, 0.2) is 23.6 Å². The SMILES string of the molecule is CC(C)(C)c1csc(Cc2ccc(C=O)c(Cl)c2)n1. The molecule has 19 heavy (non-hydrogen) atoms. The molecule has 2 rings (SSSR count). The highest BCUT2D eigenvalue weighted by atomic mass is 35.5. The molecular weight excluding hydrogens is 278 g/mol. The molecule has 4 heteroatoms. The van der Waals surface area contributed by atoms with Gasteiger partial charge in [0.15, 0.2) is 6.29 Å². The number of hydrogen-bond acceptors (Lipinski definition) is 3. The second kappa shape index (κ2) is 5.43. The molecule has 0 radical (unpaired) electrons. The quantitative estimate of drug-likeness (QED) is 0.780. The van der Waals surface area contributed by atoms with E-state index in [0.29, 0.717) is 10.6 Å². The number of thiazole rings is 1. The van der Waals surface area contributed by atoms with E-state index in [1.165, 1.54) is 0 Å². The van der Waals surface area contributed by atoms with Crippen molar-refractivity contribution in [1.82, 2.24) is 4.98 Å². The summed E-state index contributed by atoms with van der Waals surface area (Å²) in [6, 6.07) is 5.51. The molecule has 0 amide bonds. The first kappa shape index (κ1) is 14.2. The second-order valence-corrected chi connectivity index (χ2v) is 6.88. The third-order valence-corrected chi connectivity index (χ3v) is 4.04. The van der Waals surface area contributed by atoms with Crippen LogP contribution < -0.4 is 0 Å². The van der Waals surface area contributed by atoms with Crippen molar-refractivity contribution in [2.45, 2.75) is 32.6 Å². The minimum atomic E-state index is 0.0772. The number of aldehydes is 1. The highest BCUT2D eigenvalue weighted by Crippen LogP contribution is 2.26. The van der Waals surface area contributed by atoms with Gasteiger partial charge in [0.05, 0.1) is 15.7 Å². The van der Waals surface area contributed by atoms with Crippen LogP contribution >= 0.6 is 22.9 Å². The Kier molecular flexibility index (Phi) is 4.07. The molecule has 1 heterocycles. The lowest BCUT2D eigenvalue weighted by Gasteiger charge is -2.14. The van der Waals surface area contributed by atoms with Crippen molar-refractivity contribution in [3.8, 4) is 0 Å². The average molecular weight is 294 g/mol. The molecule has 0 fully saturated rings. The summed E-state index contributed by atoms with van der Waals surface area (Å²) in [5, 5.41) is 3.68. The van der Waals surface area contributed by atoms with Crippen LogP contribution in [0.2, 0.25) is 5.02 Å². The molecule has 1 aromatic heterocycles. The van der Waals surface area contributed by atoms with E-state index >= 15 is 0 Å². The van der Waals surface area contributed by atoms with Crippen molar-refractivity contribution in [2.24, 2.45) is 0 Å². The number of halogens is 1. The van der Waals surface area contributed by atoms with Gasteiger partial charge in [-0.15, -0.1) is 11.3 Å². The van der Waals surface area contributed by atoms with E-state index in [4.69, 9.17) is 11.6 Å². The predicted molar refractivity (Wildman–Crippen MR) is 80.5 cm³/mol. The predicted octanol–water partition coefficient (Wildman–Crippen LogP) is 4.50. The van der Waals surface area contributed by atoms with Crippen LogP contribution in [0.4, 0.5) is 0 Å². The maximum Gasteiger partial charge on any atom is 0.151 e. The minimum Gasteiger partial charge on any atom is -0.298 e. The Bertz CT molecular complexity index is 598. The average Bonchev–Trinajstić information content (AvgIpc) is 2.77. The Balaban J connectivity index is 2.19. The maximum atomic E-state index is 10.7. The molecule has 1 aromatic carbocycles. The van der Waals surface area contributed by atoms with Crippen LogP contribution in [0.5, 0.6) is 0 Å². The number of rotatable bonds is 3. The summed E-state index contributed by atoms with van der Waals surface area (Å²) in [5.74, 6) is 0. The molecule has 2 aromatic rings. The number of carbonyl (C=O) groups excluding carboxylic acids is 1. The highest BCUT2D eigenvalue weighted by molar-refractivity contribution is 7.09. The molecule has 0 aliphatic carbocycles. The molecule has 0 spiro atoms. The highest BCUT2D eigenvalue weighted by Gasteiger charge is 2.17.